The van der Waals surface area contributed by atoms with E-state index in [2.05, 4.69) is 5.32 Å². The van der Waals surface area contributed by atoms with Crippen LogP contribution in [0.15, 0.2) is 41.0 Å². The average molecular weight is 312 g/mol. The number of benzene rings is 1. The number of aliphatic hydroxyl groups is 1. The van der Waals surface area contributed by atoms with Gasteiger partial charge < -0.3 is 24.3 Å². The van der Waals surface area contributed by atoms with Crippen LogP contribution in [0.3, 0.4) is 0 Å². The third-order valence-electron chi connectivity index (χ3n) is 2.82. The highest BCUT2D eigenvalue weighted by Crippen LogP contribution is 2.27. The van der Waals surface area contributed by atoms with Gasteiger partial charge in [-0.3, -0.25) is 0 Å². The highest BCUT2D eigenvalue weighted by molar-refractivity contribution is 6.30. The highest BCUT2D eigenvalue weighted by atomic mass is 35.5. The number of aliphatic hydroxyl groups excluding tert-OH is 1. The first kappa shape index (κ1) is 15.7. The van der Waals surface area contributed by atoms with Gasteiger partial charge in [0, 0.05) is 11.6 Å². The fourth-order valence-electron chi connectivity index (χ4n) is 1.80. The van der Waals surface area contributed by atoms with E-state index in [1.54, 1.807) is 37.6 Å². The molecule has 1 atom stereocenters. The van der Waals surface area contributed by atoms with Gasteiger partial charge in [-0.15, -0.1) is 0 Å². The van der Waals surface area contributed by atoms with Crippen LogP contribution in [0.2, 0.25) is 5.02 Å². The lowest BCUT2D eigenvalue weighted by molar-refractivity contribution is 0.0282. The molecule has 5 nitrogen and oxygen atoms in total. The Kier molecular flexibility index (Phi) is 5.92. The zero-order valence-corrected chi connectivity index (χ0v) is 12.5. The first-order valence-corrected chi connectivity index (χ1v) is 6.92. The van der Waals surface area contributed by atoms with E-state index in [1.807, 2.05) is 6.07 Å². The average Bonchev–Trinajstić information content (AvgIpc) is 2.98. The van der Waals surface area contributed by atoms with Crippen LogP contribution < -0.4 is 10.1 Å². The molecular weight excluding hydrogens is 294 g/mol. The molecule has 1 heterocycles. The molecule has 2 aromatic rings. The molecule has 2 N–H and O–H groups in total. The van der Waals surface area contributed by atoms with Crippen molar-refractivity contribution in [3.05, 3.63) is 47.4 Å². The van der Waals surface area contributed by atoms with Crippen molar-refractivity contribution in [2.75, 3.05) is 25.6 Å². The predicted molar refractivity (Wildman–Crippen MR) is 80.9 cm³/mol. The van der Waals surface area contributed by atoms with Gasteiger partial charge in [0.15, 0.2) is 0 Å². The predicted octanol–water partition coefficient (Wildman–Crippen LogP) is 2.93. The van der Waals surface area contributed by atoms with Gasteiger partial charge in [-0.25, -0.2) is 0 Å². The summed E-state index contributed by atoms with van der Waals surface area (Å²) in [4.78, 5) is 0. The van der Waals surface area contributed by atoms with Crippen LogP contribution in [-0.2, 0) is 11.3 Å². The number of halogens is 1. The summed E-state index contributed by atoms with van der Waals surface area (Å²) in [6.07, 6.45) is 0.936. The number of hydrogen-bond acceptors (Lipinski definition) is 5. The topological polar surface area (TPSA) is 63.9 Å². The summed E-state index contributed by atoms with van der Waals surface area (Å²) in [5, 5.41) is 13.6. The molecule has 1 aromatic carbocycles. The van der Waals surface area contributed by atoms with Crippen LogP contribution in [0.1, 0.15) is 5.76 Å². The minimum atomic E-state index is -0.649. The van der Waals surface area contributed by atoms with E-state index in [0.29, 0.717) is 23.9 Å². The summed E-state index contributed by atoms with van der Waals surface area (Å²) in [5.41, 5.74) is 0.732. The Hall–Kier alpha value is -1.69. The van der Waals surface area contributed by atoms with Crippen molar-refractivity contribution < 1.29 is 19.0 Å². The van der Waals surface area contributed by atoms with Gasteiger partial charge in [0.2, 0.25) is 0 Å². The van der Waals surface area contributed by atoms with Crippen LogP contribution in [0.5, 0.6) is 5.75 Å². The standard InChI is InChI=1S/C15H18ClNO4/c1-19-15-5-4-11(16)7-14(15)17-8-12(18)9-20-10-13-3-2-6-21-13/h2-7,12,17-18H,8-10H2,1H3. The first-order chi connectivity index (χ1) is 10.2. The molecule has 114 valence electrons. The van der Waals surface area contributed by atoms with Crippen molar-refractivity contribution in [2.24, 2.45) is 0 Å². The Morgan fingerprint density at radius 1 is 1.38 bits per heavy atom. The summed E-state index contributed by atoms with van der Waals surface area (Å²) in [7, 11) is 1.58. The van der Waals surface area contributed by atoms with Crippen molar-refractivity contribution in [2.45, 2.75) is 12.7 Å². The molecular formula is C15H18ClNO4. The van der Waals surface area contributed by atoms with Crippen LogP contribution in [-0.4, -0.2) is 31.5 Å². The van der Waals surface area contributed by atoms with Gasteiger partial charge >= 0.3 is 0 Å². The smallest absolute Gasteiger partial charge is 0.142 e. The molecule has 0 radical (unpaired) electrons. The highest BCUT2D eigenvalue weighted by Gasteiger charge is 2.08. The molecule has 0 saturated carbocycles. The minimum absolute atomic E-state index is 0.205. The normalized spacial score (nSPS) is 12.1. The van der Waals surface area contributed by atoms with E-state index in [1.165, 1.54) is 0 Å². The molecule has 0 spiro atoms. The maximum Gasteiger partial charge on any atom is 0.142 e. The van der Waals surface area contributed by atoms with Gasteiger partial charge in [0.05, 0.1) is 31.8 Å². The molecule has 0 amide bonds. The summed E-state index contributed by atoms with van der Waals surface area (Å²) in [6, 6.07) is 8.87. The molecule has 6 heteroatoms. The van der Waals surface area contributed by atoms with Crippen LogP contribution in [0, 0.1) is 0 Å². The summed E-state index contributed by atoms with van der Waals surface area (Å²) >= 11 is 5.94. The molecule has 0 bridgehead atoms. The molecule has 1 unspecified atom stereocenters. The molecule has 0 aliphatic heterocycles. The Labute approximate surface area is 128 Å². The van der Waals surface area contributed by atoms with Gasteiger partial charge in [0.25, 0.3) is 0 Å². The number of ether oxygens (including phenoxy) is 2. The minimum Gasteiger partial charge on any atom is -0.495 e. The maximum atomic E-state index is 9.88. The third-order valence-corrected chi connectivity index (χ3v) is 3.06. The zero-order chi connectivity index (χ0) is 15.1. The number of methoxy groups -OCH3 is 1. The van der Waals surface area contributed by atoms with Crippen molar-refractivity contribution in [3.63, 3.8) is 0 Å². The summed E-state index contributed by atoms with van der Waals surface area (Å²) in [5.74, 6) is 1.40. The fourth-order valence-corrected chi connectivity index (χ4v) is 1.97. The SMILES string of the molecule is COc1ccc(Cl)cc1NCC(O)COCc1ccco1. The largest absolute Gasteiger partial charge is 0.495 e. The lowest BCUT2D eigenvalue weighted by Crippen LogP contribution is -2.24. The molecule has 0 aliphatic rings. The number of furan rings is 1. The molecule has 0 saturated heterocycles. The molecule has 1 aromatic heterocycles. The lowest BCUT2D eigenvalue weighted by Gasteiger charge is -2.15. The summed E-state index contributed by atoms with van der Waals surface area (Å²) in [6.45, 7) is 0.871. The van der Waals surface area contributed by atoms with Crippen molar-refractivity contribution in [1.82, 2.24) is 0 Å². The molecule has 21 heavy (non-hydrogen) atoms. The van der Waals surface area contributed by atoms with E-state index in [9.17, 15) is 5.11 Å². The van der Waals surface area contributed by atoms with E-state index in [0.717, 1.165) is 11.4 Å². The second kappa shape index (κ2) is 7.93. The lowest BCUT2D eigenvalue weighted by atomic mass is 10.2. The Morgan fingerprint density at radius 3 is 2.95 bits per heavy atom. The number of hydrogen-bond donors (Lipinski definition) is 2. The first-order valence-electron chi connectivity index (χ1n) is 6.54. The van der Waals surface area contributed by atoms with Gasteiger partial charge in [-0.05, 0) is 30.3 Å². The Morgan fingerprint density at radius 2 is 2.24 bits per heavy atom. The van der Waals surface area contributed by atoms with Gasteiger partial charge in [-0.1, -0.05) is 11.6 Å². The van der Waals surface area contributed by atoms with Crippen LogP contribution in [0.25, 0.3) is 0 Å². The van der Waals surface area contributed by atoms with Crippen LogP contribution >= 0.6 is 11.6 Å². The quantitative estimate of drug-likeness (QED) is 0.785. The van der Waals surface area contributed by atoms with E-state index in [-0.39, 0.29) is 6.61 Å². The van der Waals surface area contributed by atoms with Gasteiger partial charge in [-0.2, -0.15) is 0 Å². The molecule has 2 rings (SSSR count). The van der Waals surface area contributed by atoms with Crippen LogP contribution in [0.4, 0.5) is 5.69 Å². The molecule has 0 aliphatic carbocycles. The summed E-state index contributed by atoms with van der Waals surface area (Å²) < 4.78 is 15.7. The fraction of sp³-hybridized carbons (Fsp3) is 0.333. The maximum absolute atomic E-state index is 9.88. The number of nitrogens with one attached hydrogen (secondary N) is 1. The second-order valence-corrected chi connectivity index (χ2v) is 4.91. The van der Waals surface area contributed by atoms with E-state index >= 15 is 0 Å². The van der Waals surface area contributed by atoms with Crippen molar-refractivity contribution >= 4 is 17.3 Å². The zero-order valence-electron chi connectivity index (χ0n) is 11.7. The third kappa shape index (κ3) is 4.97. The molecule has 0 fully saturated rings. The van der Waals surface area contributed by atoms with Crippen molar-refractivity contribution in [3.8, 4) is 5.75 Å². The Balaban J connectivity index is 1.75. The van der Waals surface area contributed by atoms with E-state index in [4.69, 9.17) is 25.5 Å². The van der Waals surface area contributed by atoms with E-state index < -0.39 is 6.10 Å². The number of rotatable bonds is 8. The Bertz CT molecular complexity index is 545. The second-order valence-electron chi connectivity index (χ2n) is 4.47. The van der Waals surface area contributed by atoms with Gasteiger partial charge in [0.1, 0.15) is 18.1 Å². The van der Waals surface area contributed by atoms with Crippen molar-refractivity contribution in [1.29, 1.82) is 0 Å². The monoisotopic (exact) mass is 311 g/mol. The number of anilines is 1.